The van der Waals surface area contributed by atoms with Gasteiger partial charge >= 0.3 is 0 Å². The number of nitrogens with zero attached hydrogens (tertiary/aromatic N) is 4. The zero-order chi connectivity index (χ0) is 20.6. The van der Waals surface area contributed by atoms with Gasteiger partial charge in [0.1, 0.15) is 5.82 Å². The summed E-state index contributed by atoms with van der Waals surface area (Å²) in [6.07, 6.45) is 4.39. The second-order valence-electron chi connectivity index (χ2n) is 8.64. The van der Waals surface area contributed by atoms with E-state index in [0.29, 0.717) is 11.5 Å². The van der Waals surface area contributed by atoms with Gasteiger partial charge in [-0.1, -0.05) is 31.2 Å². The van der Waals surface area contributed by atoms with Crippen LogP contribution in [0, 0.1) is 5.92 Å². The minimum Gasteiger partial charge on any atom is -0.386 e. The molecule has 3 heterocycles. The first-order valence-electron chi connectivity index (χ1n) is 10.3. The van der Waals surface area contributed by atoms with Crippen molar-refractivity contribution < 1.29 is 9.90 Å². The molecular formula is C23H28N4O2. The second kappa shape index (κ2) is 7.59. The monoisotopic (exact) mass is 392 g/mol. The summed E-state index contributed by atoms with van der Waals surface area (Å²) in [5.74, 6) is 1.66. The Morgan fingerprint density at radius 1 is 1.24 bits per heavy atom. The number of carbonyl (C=O) groups excluding carboxylic acids is 1. The third-order valence-electron chi connectivity index (χ3n) is 5.63. The molecule has 0 bridgehead atoms. The molecule has 1 saturated heterocycles. The van der Waals surface area contributed by atoms with Gasteiger partial charge in [-0.15, -0.1) is 0 Å². The average Bonchev–Trinajstić information content (AvgIpc) is 3.15. The van der Waals surface area contributed by atoms with Gasteiger partial charge in [-0.3, -0.25) is 4.79 Å². The molecule has 6 heteroatoms. The van der Waals surface area contributed by atoms with Crippen molar-refractivity contribution in [2.24, 2.45) is 5.92 Å². The van der Waals surface area contributed by atoms with E-state index < -0.39 is 5.60 Å². The normalized spacial score (nSPS) is 17.7. The van der Waals surface area contributed by atoms with E-state index in [1.54, 1.807) is 44.3 Å². The summed E-state index contributed by atoms with van der Waals surface area (Å²) >= 11 is 0. The van der Waals surface area contributed by atoms with E-state index >= 15 is 0 Å². The van der Waals surface area contributed by atoms with E-state index in [1.807, 2.05) is 16.6 Å². The molecular weight excluding hydrogens is 364 g/mol. The van der Waals surface area contributed by atoms with E-state index in [0.717, 1.165) is 42.2 Å². The minimum absolute atomic E-state index is 0.0154. The molecule has 1 aliphatic rings. The molecule has 2 aromatic heterocycles. The second-order valence-corrected chi connectivity index (χ2v) is 8.64. The van der Waals surface area contributed by atoms with E-state index in [2.05, 4.69) is 21.9 Å². The Morgan fingerprint density at radius 3 is 2.69 bits per heavy atom. The molecule has 0 saturated carbocycles. The topological polar surface area (TPSA) is 70.7 Å². The van der Waals surface area contributed by atoms with Gasteiger partial charge in [0.05, 0.1) is 23.9 Å². The van der Waals surface area contributed by atoms with Crippen molar-refractivity contribution in [1.82, 2.24) is 14.6 Å². The number of anilines is 1. The van der Waals surface area contributed by atoms with Gasteiger partial charge in [0.15, 0.2) is 11.4 Å². The summed E-state index contributed by atoms with van der Waals surface area (Å²) in [5.41, 5.74) is 2.01. The van der Waals surface area contributed by atoms with Crippen LogP contribution in [0.15, 0.2) is 42.6 Å². The van der Waals surface area contributed by atoms with Crippen LogP contribution in [0.1, 0.15) is 55.2 Å². The lowest BCUT2D eigenvalue weighted by atomic mass is 9.96. The molecule has 1 aliphatic heterocycles. The molecule has 4 rings (SSSR count). The zero-order valence-corrected chi connectivity index (χ0v) is 17.3. The largest absolute Gasteiger partial charge is 0.386 e. The SMILES string of the molecule is CC1CCCN(c2cc(CC(=O)c3ccc(C(C)(C)O)cc3)nc3ccnn23)C1. The number of carbonyl (C=O) groups is 1. The summed E-state index contributed by atoms with van der Waals surface area (Å²) < 4.78 is 1.87. The molecule has 1 fully saturated rings. The van der Waals surface area contributed by atoms with E-state index in [1.165, 1.54) is 6.42 Å². The maximum atomic E-state index is 12.9. The Bertz CT molecular complexity index is 1020. The van der Waals surface area contributed by atoms with Crippen molar-refractivity contribution >= 4 is 17.2 Å². The molecule has 29 heavy (non-hydrogen) atoms. The van der Waals surface area contributed by atoms with Gasteiger partial charge in [0.2, 0.25) is 0 Å². The quantitative estimate of drug-likeness (QED) is 0.672. The Labute approximate surface area is 171 Å². The van der Waals surface area contributed by atoms with E-state index in [-0.39, 0.29) is 12.2 Å². The van der Waals surface area contributed by atoms with Crippen LogP contribution in [0.4, 0.5) is 5.82 Å². The fraction of sp³-hybridized carbons (Fsp3) is 0.435. The van der Waals surface area contributed by atoms with Crippen molar-refractivity contribution in [3.63, 3.8) is 0 Å². The fourth-order valence-electron chi connectivity index (χ4n) is 3.99. The Hall–Kier alpha value is -2.73. The number of hydrogen-bond acceptors (Lipinski definition) is 5. The number of rotatable bonds is 5. The first-order valence-corrected chi connectivity index (χ1v) is 10.3. The predicted octanol–water partition coefficient (Wildman–Crippen LogP) is 3.62. The average molecular weight is 393 g/mol. The molecule has 1 N–H and O–H groups in total. The molecule has 0 aliphatic carbocycles. The van der Waals surface area contributed by atoms with Gasteiger partial charge in [-0.25, -0.2) is 4.98 Å². The summed E-state index contributed by atoms with van der Waals surface area (Å²) in [7, 11) is 0. The zero-order valence-electron chi connectivity index (χ0n) is 17.3. The number of fused-ring (bicyclic) bond motifs is 1. The highest BCUT2D eigenvalue weighted by Crippen LogP contribution is 2.25. The maximum Gasteiger partial charge on any atom is 0.168 e. The highest BCUT2D eigenvalue weighted by atomic mass is 16.3. The summed E-state index contributed by atoms with van der Waals surface area (Å²) in [6, 6.07) is 11.0. The molecule has 0 amide bonds. The summed E-state index contributed by atoms with van der Waals surface area (Å²) in [6.45, 7) is 7.73. The molecule has 6 nitrogen and oxygen atoms in total. The van der Waals surface area contributed by atoms with Gasteiger partial charge in [-0.2, -0.15) is 9.61 Å². The van der Waals surface area contributed by atoms with Crippen molar-refractivity contribution in [3.05, 3.63) is 59.4 Å². The van der Waals surface area contributed by atoms with Crippen molar-refractivity contribution in [3.8, 4) is 0 Å². The van der Waals surface area contributed by atoms with Crippen LogP contribution in [-0.4, -0.2) is 38.6 Å². The first-order chi connectivity index (χ1) is 13.8. The number of ketones is 1. The van der Waals surface area contributed by atoms with Gasteiger partial charge in [0, 0.05) is 30.8 Å². The van der Waals surface area contributed by atoms with Crippen molar-refractivity contribution in [1.29, 1.82) is 0 Å². The van der Waals surface area contributed by atoms with Gasteiger partial charge < -0.3 is 10.0 Å². The van der Waals surface area contributed by atoms with E-state index in [4.69, 9.17) is 0 Å². The van der Waals surface area contributed by atoms with Crippen LogP contribution < -0.4 is 4.90 Å². The third-order valence-corrected chi connectivity index (χ3v) is 5.63. The molecule has 152 valence electrons. The lowest BCUT2D eigenvalue weighted by Crippen LogP contribution is -2.35. The number of benzene rings is 1. The smallest absolute Gasteiger partial charge is 0.168 e. The number of aliphatic hydroxyl groups is 1. The van der Waals surface area contributed by atoms with Crippen LogP contribution in [-0.2, 0) is 12.0 Å². The number of hydrogen-bond donors (Lipinski definition) is 1. The van der Waals surface area contributed by atoms with Crippen molar-refractivity contribution in [2.75, 3.05) is 18.0 Å². The standard InChI is InChI=1S/C23H28N4O2/c1-16-5-4-12-26(15-16)22-14-19(25-21-10-11-24-27(21)22)13-20(28)17-6-8-18(9-7-17)23(2,3)29/h6-11,14,16,29H,4-5,12-13,15H2,1-3H3. The molecule has 1 atom stereocenters. The summed E-state index contributed by atoms with van der Waals surface area (Å²) in [5, 5.41) is 14.5. The predicted molar refractivity (Wildman–Crippen MR) is 113 cm³/mol. The van der Waals surface area contributed by atoms with Crippen molar-refractivity contribution in [2.45, 2.75) is 45.6 Å². The van der Waals surface area contributed by atoms with Gasteiger partial charge in [-0.05, 0) is 38.2 Å². The lowest BCUT2D eigenvalue weighted by molar-refractivity contribution is 0.0784. The molecule has 0 radical (unpaired) electrons. The number of piperidine rings is 1. The van der Waals surface area contributed by atoms with Crippen LogP contribution in [0.2, 0.25) is 0 Å². The Morgan fingerprint density at radius 2 is 2.00 bits per heavy atom. The van der Waals surface area contributed by atoms with E-state index in [9.17, 15) is 9.90 Å². The molecule has 1 aromatic carbocycles. The third kappa shape index (κ3) is 4.17. The molecule has 0 spiro atoms. The van der Waals surface area contributed by atoms with Crippen LogP contribution in [0.5, 0.6) is 0 Å². The number of Topliss-reactive ketones (excluding diaryl/α,β-unsaturated/α-hetero) is 1. The van der Waals surface area contributed by atoms with Crippen LogP contribution in [0.25, 0.3) is 5.65 Å². The minimum atomic E-state index is -0.920. The molecule has 3 aromatic rings. The van der Waals surface area contributed by atoms with Gasteiger partial charge in [0.25, 0.3) is 0 Å². The Balaban J connectivity index is 1.60. The lowest BCUT2D eigenvalue weighted by Gasteiger charge is -2.32. The Kier molecular flexibility index (Phi) is 5.13. The number of aromatic nitrogens is 3. The highest BCUT2D eigenvalue weighted by molar-refractivity contribution is 5.97. The summed E-state index contributed by atoms with van der Waals surface area (Å²) in [4.78, 5) is 19.8. The first kappa shape index (κ1) is 19.6. The van der Waals surface area contributed by atoms with Crippen LogP contribution in [0.3, 0.4) is 0 Å². The highest BCUT2D eigenvalue weighted by Gasteiger charge is 2.21. The maximum absolute atomic E-state index is 12.9. The molecule has 1 unspecified atom stereocenters. The fourth-order valence-corrected chi connectivity index (χ4v) is 3.99. The van der Waals surface area contributed by atoms with Crippen LogP contribution >= 0.6 is 0 Å².